The Bertz CT molecular complexity index is 690. The highest BCUT2D eigenvalue weighted by atomic mass is 16.5. The molecule has 1 saturated heterocycles. The van der Waals surface area contributed by atoms with Crippen molar-refractivity contribution < 1.29 is 14.6 Å². The molecule has 1 heterocycles. The quantitative estimate of drug-likeness (QED) is 0.777. The molecule has 1 atom stereocenters. The maximum Gasteiger partial charge on any atom is 0.245 e. The summed E-state index contributed by atoms with van der Waals surface area (Å²) in [7, 11) is 0. The number of nitrogens with one attached hydrogen (secondary N) is 1. The minimum atomic E-state index is -0.784. The number of phenolic OH excluding ortho intramolecular Hbond substituents is 1. The summed E-state index contributed by atoms with van der Waals surface area (Å²) in [6.07, 6.45) is 0.650. The summed E-state index contributed by atoms with van der Waals surface area (Å²) in [5.74, 6) is 0.367. The second kappa shape index (κ2) is 8.65. The van der Waals surface area contributed by atoms with Crippen LogP contribution in [0.5, 0.6) is 5.75 Å². The summed E-state index contributed by atoms with van der Waals surface area (Å²) in [6.45, 7) is 19.9. The Morgan fingerprint density at radius 2 is 1.52 bits per heavy atom. The Morgan fingerprint density at radius 1 is 1.03 bits per heavy atom. The number of benzene rings is 1. The summed E-state index contributed by atoms with van der Waals surface area (Å²) < 4.78 is 5.58. The van der Waals surface area contributed by atoms with Crippen LogP contribution in [0.2, 0.25) is 0 Å². The lowest BCUT2D eigenvalue weighted by Crippen LogP contribution is -2.59. The molecule has 2 N–H and O–H groups in total. The molecule has 1 aromatic rings. The predicted molar refractivity (Wildman–Crippen MR) is 119 cm³/mol. The number of morpholine rings is 1. The number of carbonyl (C=O) groups is 1. The van der Waals surface area contributed by atoms with Crippen molar-refractivity contribution in [2.45, 2.75) is 78.2 Å². The third kappa shape index (κ3) is 4.61. The van der Waals surface area contributed by atoms with Crippen molar-refractivity contribution in [1.82, 2.24) is 10.2 Å². The van der Waals surface area contributed by atoms with E-state index < -0.39 is 5.54 Å². The van der Waals surface area contributed by atoms with Crippen LogP contribution in [-0.4, -0.2) is 48.8 Å². The van der Waals surface area contributed by atoms with Crippen molar-refractivity contribution in [3.8, 4) is 5.75 Å². The molecule has 1 aliphatic rings. The lowest BCUT2D eigenvalue weighted by molar-refractivity contribution is -0.138. The van der Waals surface area contributed by atoms with E-state index in [1.54, 1.807) is 0 Å². The zero-order chi connectivity index (χ0) is 22.0. The zero-order valence-electron chi connectivity index (χ0n) is 19.6. The van der Waals surface area contributed by atoms with Crippen molar-refractivity contribution in [2.24, 2.45) is 0 Å². The minimum Gasteiger partial charge on any atom is -0.507 e. The number of ether oxygens (including phenoxy) is 1. The fourth-order valence-electron chi connectivity index (χ4n) is 4.31. The minimum absolute atomic E-state index is 0.0230. The van der Waals surface area contributed by atoms with Crippen molar-refractivity contribution in [3.05, 3.63) is 28.8 Å². The number of phenols is 1. The maximum atomic E-state index is 13.5. The second-order valence-electron chi connectivity index (χ2n) is 10.1. The van der Waals surface area contributed by atoms with Gasteiger partial charge < -0.3 is 15.2 Å². The Morgan fingerprint density at radius 3 is 1.90 bits per heavy atom. The molecule has 1 aliphatic heterocycles. The number of hydrogen-bond donors (Lipinski definition) is 2. The Labute approximate surface area is 176 Å². The van der Waals surface area contributed by atoms with Crippen molar-refractivity contribution in [3.63, 3.8) is 0 Å². The van der Waals surface area contributed by atoms with Crippen LogP contribution in [0.25, 0.3) is 0 Å². The highest BCUT2D eigenvalue weighted by Gasteiger charge is 2.46. The Kier molecular flexibility index (Phi) is 7.06. The molecule has 5 heteroatoms. The van der Waals surface area contributed by atoms with E-state index in [0.29, 0.717) is 45.0 Å². The maximum absolute atomic E-state index is 13.5. The van der Waals surface area contributed by atoms with Crippen LogP contribution in [0.15, 0.2) is 12.1 Å². The normalized spacial score (nSPS) is 18.3. The summed E-state index contributed by atoms with van der Waals surface area (Å²) in [6, 6.07) is 4.11. The van der Waals surface area contributed by atoms with Crippen LogP contribution in [0, 0.1) is 0 Å². The smallest absolute Gasteiger partial charge is 0.245 e. The first-order chi connectivity index (χ1) is 13.4. The van der Waals surface area contributed by atoms with Gasteiger partial charge in [0.2, 0.25) is 5.91 Å². The monoisotopic (exact) mass is 404 g/mol. The molecule has 164 valence electrons. The predicted octanol–water partition coefficient (Wildman–Crippen LogP) is 4.06. The highest BCUT2D eigenvalue weighted by molar-refractivity contribution is 5.88. The van der Waals surface area contributed by atoms with Crippen LogP contribution < -0.4 is 5.32 Å². The zero-order valence-corrected chi connectivity index (χ0v) is 19.6. The van der Waals surface area contributed by atoms with E-state index in [1.807, 2.05) is 6.92 Å². The molecule has 0 radical (unpaired) electrons. The van der Waals surface area contributed by atoms with E-state index in [-0.39, 0.29) is 16.7 Å². The number of likely N-dealkylation sites (N-methyl/N-ethyl adjacent to an activating group) is 1. The van der Waals surface area contributed by atoms with E-state index in [2.05, 4.69) is 70.8 Å². The van der Waals surface area contributed by atoms with Gasteiger partial charge >= 0.3 is 0 Å². The molecule has 1 unspecified atom stereocenters. The molecular formula is C24H40N2O3. The molecule has 0 aliphatic carbocycles. The molecule has 1 aromatic carbocycles. The van der Waals surface area contributed by atoms with Gasteiger partial charge in [-0.05, 0) is 53.0 Å². The second-order valence-corrected chi connectivity index (χ2v) is 10.1. The van der Waals surface area contributed by atoms with Crippen molar-refractivity contribution >= 4 is 5.91 Å². The molecule has 0 spiro atoms. The summed E-state index contributed by atoms with van der Waals surface area (Å²) in [5, 5.41) is 14.2. The van der Waals surface area contributed by atoms with Crippen molar-refractivity contribution in [2.75, 3.05) is 32.8 Å². The Balaban J connectivity index is 2.83. The lowest BCUT2D eigenvalue weighted by Gasteiger charge is -2.45. The van der Waals surface area contributed by atoms with E-state index in [0.717, 1.165) is 16.7 Å². The van der Waals surface area contributed by atoms with Gasteiger partial charge in [-0.25, -0.2) is 0 Å². The van der Waals surface area contributed by atoms with Crippen LogP contribution in [-0.2, 0) is 25.9 Å². The van der Waals surface area contributed by atoms with Crippen LogP contribution in [0.4, 0.5) is 0 Å². The van der Waals surface area contributed by atoms with Gasteiger partial charge in [-0.3, -0.25) is 9.69 Å². The van der Waals surface area contributed by atoms with Gasteiger partial charge in [-0.1, -0.05) is 48.5 Å². The Hall–Kier alpha value is -1.59. The van der Waals surface area contributed by atoms with Crippen LogP contribution in [0.1, 0.15) is 78.5 Å². The first-order valence-electron chi connectivity index (χ1n) is 10.9. The van der Waals surface area contributed by atoms with Gasteiger partial charge in [0.1, 0.15) is 11.3 Å². The molecule has 0 bridgehead atoms. The van der Waals surface area contributed by atoms with E-state index in [1.165, 1.54) is 0 Å². The third-order valence-electron chi connectivity index (χ3n) is 5.98. The van der Waals surface area contributed by atoms with Gasteiger partial charge in [-0.2, -0.15) is 0 Å². The fraction of sp³-hybridized carbons (Fsp3) is 0.708. The van der Waals surface area contributed by atoms with Crippen molar-refractivity contribution in [1.29, 1.82) is 0 Å². The summed E-state index contributed by atoms with van der Waals surface area (Å²) >= 11 is 0. The molecule has 29 heavy (non-hydrogen) atoms. The summed E-state index contributed by atoms with van der Waals surface area (Å²) in [5.41, 5.74) is 1.46. The van der Waals surface area contributed by atoms with Crippen LogP contribution in [0.3, 0.4) is 0 Å². The van der Waals surface area contributed by atoms with Gasteiger partial charge in [0, 0.05) is 19.6 Å². The first kappa shape index (κ1) is 23.7. The third-order valence-corrected chi connectivity index (χ3v) is 5.98. The van der Waals surface area contributed by atoms with Gasteiger partial charge in [0.15, 0.2) is 0 Å². The molecule has 0 aromatic heterocycles. The molecule has 1 fully saturated rings. The fourth-order valence-corrected chi connectivity index (χ4v) is 4.31. The standard InChI is InChI=1S/C24H40N2O3/c1-9-24(21(28)25-10-2,26-11-13-29-14-12-26)17-15-18(22(3,4)5)20(27)19(16-17)23(6,7)8/h15-16,27H,9-14H2,1-8H3,(H,25,28). The number of amides is 1. The largest absolute Gasteiger partial charge is 0.507 e. The average molecular weight is 405 g/mol. The molecular weight excluding hydrogens is 364 g/mol. The number of hydrogen-bond acceptors (Lipinski definition) is 4. The number of rotatable bonds is 5. The van der Waals surface area contributed by atoms with Crippen LogP contribution >= 0.6 is 0 Å². The number of aromatic hydroxyl groups is 1. The average Bonchev–Trinajstić information content (AvgIpc) is 2.63. The topological polar surface area (TPSA) is 61.8 Å². The highest BCUT2D eigenvalue weighted by Crippen LogP contribution is 2.44. The summed E-state index contributed by atoms with van der Waals surface area (Å²) in [4.78, 5) is 15.8. The number of carbonyl (C=O) groups excluding carboxylic acids is 1. The molecule has 1 amide bonds. The first-order valence-corrected chi connectivity index (χ1v) is 10.9. The van der Waals surface area contributed by atoms with E-state index in [9.17, 15) is 9.90 Å². The molecule has 2 rings (SSSR count). The van der Waals surface area contributed by atoms with Gasteiger partial charge in [0.05, 0.1) is 13.2 Å². The van der Waals surface area contributed by atoms with E-state index >= 15 is 0 Å². The lowest BCUT2D eigenvalue weighted by atomic mass is 9.74. The van der Waals surface area contributed by atoms with Gasteiger partial charge in [0.25, 0.3) is 0 Å². The van der Waals surface area contributed by atoms with E-state index in [4.69, 9.17) is 4.74 Å². The van der Waals surface area contributed by atoms with Gasteiger partial charge in [-0.15, -0.1) is 0 Å². The molecule has 0 saturated carbocycles. The molecule has 5 nitrogen and oxygen atoms in total. The number of nitrogens with zero attached hydrogens (tertiary/aromatic N) is 1. The SMILES string of the molecule is CCNC(=O)C(CC)(c1cc(C(C)(C)C)c(O)c(C(C)(C)C)c1)N1CCOCC1.